The van der Waals surface area contributed by atoms with E-state index in [2.05, 4.69) is 5.32 Å². The molecule has 3 aliphatic rings. The Kier molecular flexibility index (Phi) is 7.93. The lowest BCUT2D eigenvalue weighted by Crippen LogP contribution is -2.36. The van der Waals surface area contributed by atoms with E-state index in [9.17, 15) is 9.59 Å². The van der Waals surface area contributed by atoms with Crippen molar-refractivity contribution < 1.29 is 33.3 Å². The maximum absolute atomic E-state index is 13.9. The molecule has 0 unspecified atom stereocenters. The smallest absolute Gasteiger partial charge is 0.336 e. The standard InChI is InChI=1S/C31H35NO7/c1-18-28(31(34)39-17-21-8-7-13-38-21)29(19-11-12-26(36-3)27(16-19)37-4)30-23(32-18)14-20(15-24(30)33)22-9-5-6-10-25(22)35-2/h5-6,9-12,16,20-21,29,32H,7-8,13-15,17H2,1-4H3/t20-,21+,29+/m0/s1. The Bertz CT molecular complexity index is 1320. The van der Waals surface area contributed by atoms with Crippen LogP contribution in [0.1, 0.15) is 55.6 Å². The van der Waals surface area contributed by atoms with Crippen molar-refractivity contribution >= 4 is 11.8 Å². The normalized spacial score (nSPS) is 22.8. The van der Waals surface area contributed by atoms with Gasteiger partial charge in [0, 0.05) is 41.8 Å². The van der Waals surface area contributed by atoms with E-state index in [1.54, 1.807) is 27.4 Å². The molecule has 8 nitrogen and oxygen atoms in total. The number of hydrogen-bond donors (Lipinski definition) is 1. The van der Waals surface area contributed by atoms with Crippen LogP contribution >= 0.6 is 0 Å². The first-order chi connectivity index (χ1) is 18.9. The number of carbonyl (C=O) groups excluding carboxylic acids is 2. The summed E-state index contributed by atoms with van der Waals surface area (Å²) in [6.07, 6.45) is 2.64. The Balaban J connectivity index is 1.55. The Morgan fingerprint density at radius 1 is 1.00 bits per heavy atom. The molecule has 1 saturated heterocycles. The van der Waals surface area contributed by atoms with Crippen LogP contribution in [0.4, 0.5) is 0 Å². The van der Waals surface area contributed by atoms with Gasteiger partial charge in [0.2, 0.25) is 0 Å². The lowest BCUT2D eigenvalue weighted by molar-refractivity contribution is -0.142. The summed E-state index contributed by atoms with van der Waals surface area (Å²) in [6, 6.07) is 13.3. The highest BCUT2D eigenvalue weighted by Gasteiger charge is 2.42. The summed E-state index contributed by atoms with van der Waals surface area (Å²) >= 11 is 0. The van der Waals surface area contributed by atoms with E-state index < -0.39 is 11.9 Å². The second-order valence-electron chi connectivity index (χ2n) is 10.1. The van der Waals surface area contributed by atoms with Gasteiger partial charge in [0.15, 0.2) is 17.3 Å². The third-order valence-corrected chi connectivity index (χ3v) is 7.79. The van der Waals surface area contributed by atoms with Gasteiger partial charge >= 0.3 is 5.97 Å². The van der Waals surface area contributed by atoms with Crippen molar-refractivity contribution in [2.45, 2.75) is 50.5 Å². The Labute approximate surface area is 228 Å². The molecule has 2 aromatic rings. The third kappa shape index (κ3) is 5.26. The Morgan fingerprint density at radius 3 is 2.49 bits per heavy atom. The number of esters is 1. The SMILES string of the molecule is COc1ccc([C@@H]2C(C(=O)OC[C@H]3CCCO3)=C(C)NC3=C2C(=O)C[C@@H](c2ccccc2OC)C3)cc1OC. The summed E-state index contributed by atoms with van der Waals surface area (Å²) in [6.45, 7) is 2.72. The van der Waals surface area contributed by atoms with Crippen LogP contribution in [0.5, 0.6) is 17.2 Å². The number of rotatable bonds is 8. The lowest BCUT2D eigenvalue weighted by atomic mass is 9.71. The van der Waals surface area contributed by atoms with E-state index >= 15 is 0 Å². The van der Waals surface area contributed by atoms with Gasteiger partial charge in [-0.25, -0.2) is 4.79 Å². The monoisotopic (exact) mass is 533 g/mol. The van der Waals surface area contributed by atoms with Crippen LogP contribution in [0.3, 0.4) is 0 Å². The van der Waals surface area contributed by atoms with Gasteiger partial charge < -0.3 is 29.0 Å². The maximum Gasteiger partial charge on any atom is 0.336 e. The molecule has 3 atom stereocenters. The van der Waals surface area contributed by atoms with E-state index in [4.69, 9.17) is 23.7 Å². The molecule has 0 spiro atoms. The summed E-state index contributed by atoms with van der Waals surface area (Å²) in [4.78, 5) is 27.5. The van der Waals surface area contributed by atoms with E-state index in [1.165, 1.54) is 0 Å². The minimum atomic E-state index is -0.607. The summed E-state index contributed by atoms with van der Waals surface area (Å²) in [5, 5.41) is 3.41. The number of para-hydroxylation sites is 1. The second-order valence-corrected chi connectivity index (χ2v) is 10.1. The summed E-state index contributed by atoms with van der Waals surface area (Å²) in [5.41, 5.74) is 4.24. The van der Waals surface area contributed by atoms with Gasteiger partial charge in [0.05, 0.1) is 33.0 Å². The molecule has 2 aromatic carbocycles. The van der Waals surface area contributed by atoms with E-state index in [0.717, 1.165) is 35.4 Å². The molecule has 39 heavy (non-hydrogen) atoms. The molecule has 1 fully saturated rings. The second kappa shape index (κ2) is 11.5. The Morgan fingerprint density at radius 2 is 1.77 bits per heavy atom. The maximum atomic E-state index is 13.9. The van der Waals surface area contributed by atoms with Crippen molar-refractivity contribution in [3.8, 4) is 17.2 Å². The number of hydrogen-bond acceptors (Lipinski definition) is 8. The fourth-order valence-corrected chi connectivity index (χ4v) is 5.92. The Hall–Kier alpha value is -3.78. The number of ether oxygens (including phenoxy) is 5. The zero-order valence-corrected chi connectivity index (χ0v) is 22.9. The fourth-order valence-electron chi connectivity index (χ4n) is 5.92. The lowest BCUT2D eigenvalue weighted by Gasteiger charge is -2.37. The zero-order valence-electron chi connectivity index (χ0n) is 22.9. The van der Waals surface area contributed by atoms with Crippen molar-refractivity contribution in [3.63, 3.8) is 0 Å². The summed E-state index contributed by atoms with van der Waals surface area (Å²) in [5.74, 6) is 0.723. The molecule has 0 saturated carbocycles. The van der Waals surface area contributed by atoms with Crippen LogP contribution in [0.2, 0.25) is 0 Å². The van der Waals surface area contributed by atoms with Gasteiger partial charge in [-0.05, 0) is 55.5 Å². The molecule has 1 N–H and O–H groups in total. The molecule has 8 heteroatoms. The number of ketones is 1. The predicted octanol–water partition coefficient (Wildman–Crippen LogP) is 4.80. The third-order valence-electron chi connectivity index (χ3n) is 7.79. The molecule has 5 rings (SSSR count). The number of nitrogens with one attached hydrogen (secondary N) is 1. The highest BCUT2D eigenvalue weighted by molar-refractivity contribution is 6.04. The van der Waals surface area contributed by atoms with Crippen molar-refractivity contribution in [1.29, 1.82) is 0 Å². The number of methoxy groups -OCH3 is 3. The molecule has 0 aromatic heterocycles. The molecular weight excluding hydrogens is 498 g/mol. The molecule has 0 radical (unpaired) electrons. The van der Waals surface area contributed by atoms with E-state index in [-0.39, 0.29) is 24.4 Å². The van der Waals surface area contributed by atoms with Gasteiger partial charge in [-0.15, -0.1) is 0 Å². The van der Waals surface area contributed by atoms with Crippen molar-refractivity contribution in [3.05, 3.63) is 76.1 Å². The molecule has 0 amide bonds. The highest BCUT2D eigenvalue weighted by Crippen LogP contribution is 2.48. The van der Waals surface area contributed by atoms with Crippen LogP contribution in [0.15, 0.2) is 65.0 Å². The first-order valence-electron chi connectivity index (χ1n) is 13.3. The molecule has 206 valence electrons. The number of Topliss-reactive ketones (excluding diaryl/α,β-unsaturated/α-hetero) is 1. The van der Waals surface area contributed by atoms with Gasteiger partial charge in [0.25, 0.3) is 0 Å². The van der Waals surface area contributed by atoms with Gasteiger partial charge in [-0.2, -0.15) is 0 Å². The first-order valence-corrected chi connectivity index (χ1v) is 13.3. The van der Waals surface area contributed by atoms with Crippen molar-refractivity contribution in [2.24, 2.45) is 0 Å². The molecule has 1 aliphatic carbocycles. The van der Waals surface area contributed by atoms with Gasteiger partial charge in [0.1, 0.15) is 12.4 Å². The van der Waals surface area contributed by atoms with E-state index in [0.29, 0.717) is 47.8 Å². The average molecular weight is 534 g/mol. The number of dihydropyridines is 1. The highest BCUT2D eigenvalue weighted by atomic mass is 16.6. The zero-order chi connectivity index (χ0) is 27.5. The van der Waals surface area contributed by atoms with Crippen LogP contribution in [0, 0.1) is 0 Å². The minimum absolute atomic E-state index is 0.0173. The van der Waals surface area contributed by atoms with Crippen LogP contribution < -0.4 is 19.5 Å². The number of allylic oxidation sites excluding steroid dienone is 3. The summed E-state index contributed by atoms with van der Waals surface area (Å²) < 4.78 is 28.0. The van der Waals surface area contributed by atoms with Crippen LogP contribution in [-0.4, -0.2) is 52.4 Å². The average Bonchev–Trinajstić information content (AvgIpc) is 3.48. The predicted molar refractivity (Wildman–Crippen MR) is 145 cm³/mol. The fraction of sp³-hybridized carbons (Fsp3) is 0.419. The summed E-state index contributed by atoms with van der Waals surface area (Å²) in [7, 11) is 4.78. The van der Waals surface area contributed by atoms with Gasteiger partial charge in [-0.3, -0.25) is 4.79 Å². The van der Waals surface area contributed by atoms with Crippen LogP contribution in [-0.2, 0) is 19.1 Å². The van der Waals surface area contributed by atoms with Crippen molar-refractivity contribution in [1.82, 2.24) is 5.32 Å². The van der Waals surface area contributed by atoms with Crippen molar-refractivity contribution in [2.75, 3.05) is 34.5 Å². The molecule has 2 aliphatic heterocycles. The largest absolute Gasteiger partial charge is 0.496 e. The molecule has 0 bridgehead atoms. The van der Waals surface area contributed by atoms with Gasteiger partial charge in [-0.1, -0.05) is 24.3 Å². The minimum Gasteiger partial charge on any atom is -0.496 e. The molecular formula is C31H35NO7. The van der Waals surface area contributed by atoms with E-state index in [1.807, 2.05) is 43.3 Å². The number of carbonyl (C=O) groups is 2. The number of benzene rings is 2. The quantitative estimate of drug-likeness (QED) is 0.484. The topological polar surface area (TPSA) is 92.3 Å². The molecule has 2 heterocycles. The first kappa shape index (κ1) is 26.8. The van der Waals surface area contributed by atoms with Crippen LogP contribution in [0.25, 0.3) is 0 Å².